The second-order valence-electron chi connectivity index (χ2n) is 4.62. The van der Waals surface area contributed by atoms with Gasteiger partial charge in [-0.1, -0.05) is 13.0 Å². The van der Waals surface area contributed by atoms with Crippen LogP contribution in [0.15, 0.2) is 34.9 Å². The van der Waals surface area contributed by atoms with Crippen molar-refractivity contribution in [3.63, 3.8) is 0 Å². The van der Waals surface area contributed by atoms with Crippen LogP contribution in [0.5, 0.6) is 0 Å². The average molecular weight is 247 g/mol. The van der Waals surface area contributed by atoms with Gasteiger partial charge in [-0.25, -0.2) is 0 Å². The molecule has 1 aromatic carbocycles. The van der Waals surface area contributed by atoms with Crippen molar-refractivity contribution >= 4 is 11.0 Å². The Morgan fingerprint density at radius 2 is 2.22 bits per heavy atom. The molecule has 0 spiro atoms. The van der Waals surface area contributed by atoms with E-state index in [1.54, 1.807) is 6.26 Å². The van der Waals surface area contributed by atoms with Gasteiger partial charge in [-0.15, -0.1) is 0 Å². The minimum Gasteiger partial charge on any atom is -0.464 e. The van der Waals surface area contributed by atoms with E-state index in [-0.39, 0.29) is 6.61 Å². The molecule has 0 saturated heterocycles. The van der Waals surface area contributed by atoms with Crippen molar-refractivity contribution in [1.82, 2.24) is 5.32 Å². The third kappa shape index (κ3) is 3.34. The van der Waals surface area contributed by atoms with Gasteiger partial charge >= 0.3 is 0 Å². The molecule has 0 amide bonds. The molecule has 1 aromatic heterocycles. The summed E-state index contributed by atoms with van der Waals surface area (Å²) in [5.41, 5.74) is 2.25. The van der Waals surface area contributed by atoms with Crippen LogP contribution in [0.2, 0.25) is 0 Å². The summed E-state index contributed by atoms with van der Waals surface area (Å²) in [4.78, 5) is 0. The first-order valence-corrected chi connectivity index (χ1v) is 6.64. The van der Waals surface area contributed by atoms with E-state index in [1.807, 2.05) is 12.1 Å². The van der Waals surface area contributed by atoms with Crippen LogP contribution in [0, 0.1) is 0 Å². The Hall–Kier alpha value is -1.32. The van der Waals surface area contributed by atoms with Crippen LogP contribution in [0.4, 0.5) is 0 Å². The molecule has 1 heterocycles. The second-order valence-corrected chi connectivity index (χ2v) is 4.62. The monoisotopic (exact) mass is 247 g/mol. The predicted octanol–water partition coefficient (Wildman–Crippen LogP) is 2.73. The van der Waals surface area contributed by atoms with Crippen LogP contribution in [0.25, 0.3) is 11.0 Å². The van der Waals surface area contributed by atoms with Gasteiger partial charge < -0.3 is 14.8 Å². The molecular weight excluding hydrogens is 226 g/mol. The number of hydrogen-bond acceptors (Lipinski definition) is 3. The highest BCUT2D eigenvalue weighted by atomic mass is 16.3. The lowest BCUT2D eigenvalue weighted by Gasteiger charge is -2.17. The summed E-state index contributed by atoms with van der Waals surface area (Å²) < 4.78 is 5.34. The van der Waals surface area contributed by atoms with E-state index < -0.39 is 0 Å². The highest BCUT2D eigenvalue weighted by Crippen LogP contribution is 2.18. The number of furan rings is 1. The van der Waals surface area contributed by atoms with Crippen LogP contribution < -0.4 is 5.32 Å². The van der Waals surface area contributed by atoms with E-state index in [0.717, 1.165) is 36.8 Å². The topological polar surface area (TPSA) is 45.4 Å². The molecule has 2 N–H and O–H groups in total. The summed E-state index contributed by atoms with van der Waals surface area (Å²) in [5, 5.41) is 13.6. The summed E-state index contributed by atoms with van der Waals surface area (Å²) in [6.45, 7) is 3.35. The van der Waals surface area contributed by atoms with E-state index in [9.17, 15) is 0 Å². The SMILES string of the molecule is CCNC(CCCO)Cc1ccc2occc2c1. The Bertz CT molecular complexity index is 478. The molecule has 0 aliphatic carbocycles. The Morgan fingerprint density at radius 3 is 3.00 bits per heavy atom. The molecule has 0 aliphatic rings. The van der Waals surface area contributed by atoms with Crippen molar-refractivity contribution in [2.24, 2.45) is 0 Å². The molecule has 3 nitrogen and oxygen atoms in total. The lowest BCUT2D eigenvalue weighted by atomic mass is 10.0. The Kier molecular flexibility index (Phi) is 4.79. The van der Waals surface area contributed by atoms with Gasteiger partial charge in [0.25, 0.3) is 0 Å². The molecule has 0 fully saturated rings. The molecule has 2 rings (SSSR count). The van der Waals surface area contributed by atoms with Crippen molar-refractivity contribution in [2.45, 2.75) is 32.2 Å². The summed E-state index contributed by atoms with van der Waals surface area (Å²) in [7, 11) is 0. The third-order valence-corrected chi connectivity index (χ3v) is 3.20. The predicted molar refractivity (Wildman–Crippen MR) is 73.7 cm³/mol. The number of likely N-dealkylation sites (N-methyl/N-ethyl adjacent to an activating group) is 1. The number of hydrogen-bond donors (Lipinski definition) is 2. The molecule has 1 atom stereocenters. The largest absolute Gasteiger partial charge is 0.464 e. The number of aliphatic hydroxyl groups excluding tert-OH is 1. The summed E-state index contributed by atoms with van der Waals surface area (Å²) in [6, 6.07) is 8.76. The molecule has 3 heteroatoms. The highest BCUT2D eigenvalue weighted by molar-refractivity contribution is 5.77. The zero-order valence-electron chi connectivity index (χ0n) is 10.9. The number of rotatable bonds is 7. The fourth-order valence-corrected chi connectivity index (χ4v) is 2.33. The van der Waals surface area contributed by atoms with E-state index >= 15 is 0 Å². The van der Waals surface area contributed by atoms with Crippen LogP contribution >= 0.6 is 0 Å². The van der Waals surface area contributed by atoms with Gasteiger partial charge in [0.1, 0.15) is 5.58 Å². The van der Waals surface area contributed by atoms with Gasteiger partial charge in [0.2, 0.25) is 0 Å². The Labute approximate surface area is 108 Å². The molecule has 0 saturated carbocycles. The maximum absolute atomic E-state index is 8.92. The molecule has 98 valence electrons. The number of benzene rings is 1. The minimum atomic E-state index is 0.267. The van der Waals surface area contributed by atoms with Crippen molar-refractivity contribution in [3.05, 3.63) is 36.1 Å². The smallest absolute Gasteiger partial charge is 0.133 e. The zero-order chi connectivity index (χ0) is 12.8. The van der Waals surface area contributed by atoms with Crippen LogP contribution in [-0.4, -0.2) is 24.3 Å². The average Bonchev–Trinajstić information content (AvgIpc) is 2.83. The van der Waals surface area contributed by atoms with Gasteiger partial charge in [0, 0.05) is 18.0 Å². The summed E-state index contributed by atoms with van der Waals surface area (Å²) in [5.74, 6) is 0. The maximum Gasteiger partial charge on any atom is 0.133 e. The fraction of sp³-hybridized carbons (Fsp3) is 0.467. The Morgan fingerprint density at radius 1 is 1.33 bits per heavy atom. The molecule has 0 bridgehead atoms. The summed E-state index contributed by atoms with van der Waals surface area (Å²) in [6.07, 6.45) is 4.58. The molecule has 1 unspecified atom stereocenters. The first-order chi connectivity index (χ1) is 8.83. The number of nitrogens with one attached hydrogen (secondary N) is 1. The summed E-state index contributed by atoms with van der Waals surface area (Å²) >= 11 is 0. The lowest BCUT2D eigenvalue weighted by molar-refractivity contribution is 0.274. The van der Waals surface area contributed by atoms with Crippen LogP contribution in [0.3, 0.4) is 0 Å². The number of aliphatic hydroxyl groups is 1. The van der Waals surface area contributed by atoms with Crippen molar-refractivity contribution in [2.75, 3.05) is 13.2 Å². The van der Waals surface area contributed by atoms with Crippen molar-refractivity contribution in [3.8, 4) is 0 Å². The molecule has 2 aromatic rings. The van der Waals surface area contributed by atoms with Gasteiger partial charge in [-0.3, -0.25) is 0 Å². The van der Waals surface area contributed by atoms with Gasteiger partial charge in [0.15, 0.2) is 0 Å². The van der Waals surface area contributed by atoms with E-state index in [0.29, 0.717) is 6.04 Å². The Balaban J connectivity index is 2.04. The van der Waals surface area contributed by atoms with Gasteiger partial charge in [-0.05, 0) is 49.6 Å². The van der Waals surface area contributed by atoms with Crippen LogP contribution in [0.1, 0.15) is 25.3 Å². The number of fused-ring (bicyclic) bond motifs is 1. The van der Waals surface area contributed by atoms with Gasteiger partial charge in [-0.2, -0.15) is 0 Å². The highest BCUT2D eigenvalue weighted by Gasteiger charge is 2.08. The maximum atomic E-state index is 8.92. The minimum absolute atomic E-state index is 0.267. The standard InChI is InChI=1S/C15H21NO2/c1-2-16-14(4-3-8-17)11-12-5-6-15-13(10-12)7-9-18-15/h5-7,9-10,14,16-17H,2-4,8,11H2,1H3. The van der Waals surface area contributed by atoms with Crippen LogP contribution in [-0.2, 0) is 6.42 Å². The lowest BCUT2D eigenvalue weighted by Crippen LogP contribution is -2.31. The first-order valence-electron chi connectivity index (χ1n) is 6.64. The van der Waals surface area contributed by atoms with E-state index in [2.05, 4.69) is 24.4 Å². The quantitative estimate of drug-likeness (QED) is 0.790. The van der Waals surface area contributed by atoms with Crippen molar-refractivity contribution < 1.29 is 9.52 Å². The second kappa shape index (κ2) is 6.57. The van der Waals surface area contributed by atoms with Crippen molar-refractivity contribution in [1.29, 1.82) is 0 Å². The normalized spacial score (nSPS) is 13.0. The van der Waals surface area contributed by atoms with E-state index in [4.69, 9.17) is 9.52 Å². The van der Waals surface area contributed by atoms with Gasteiger partial charge in [0.05, 0.1) is 6.26 Å². The molecular formula is C15H21NO2. The molecule has 18 heavy (non-hydrogen) atoms. The molecule has 0 radical (unpaired) electrons. The third-order valence-electron chi connectivity index (χ3n) is 3.20. The zero-order valence-corrected chi connectivity index (χ0v) is 10.9. The first kappa shape index (κ1) is 13.1. The molecule has 0 aliphatic heterocycles. The fourth-order valence-electron chi connectivity index (χ4n) is 2.33. The van der Waals surface area contributed by atoms with E-state index in [1.165, 1.54) is 5.56 Å².